The molecule has 0 radical (unpaired) electrons. The number of aryl methyl sites for hydroxylation is 1. The molecule has 18 heavy (non-hydrogen) atoms. The first-order valence-corrected chi connectivity index (χ1v) is 7.52. The lowest BCUT2D eigenvalue weighted by Crippen LogP contribution is -2.32. The van der Waals surface area contributed by atoms with Crippen LogP contribution in [0.3, 0.4) is 0 Å². The lowest BCUT2D eigenvalue weighted by atomic mass is 9.95. The van der Waals surface area contributed by atoms with Gasteiger partial charge in [0.15, 0.2) is 5.78 Å². The van der Waals surface area contributed by atoms with Crippen LogP contribution in [0.4, 0.5) is 0 Å². The van der Waals surface area contributed by atoms with Crippen molar-refractivity contribution >= 4 is 17.5 Å². The second kappa shape index (κ2) is 5.45. The second-order valence-corrected chi connectivity index (χ2v) is 6.82. The number of fused-ring (bicyclic) bond motifs is 1. The summed E-state index contributed by atoms with van der Waals surface area (Å²) in [5, 5.41) is 0. The number of ketones is 1. The predicted molar refractivity (Wildman–Crippen MR) is 77.3 cm³/mol. The minimum Gasteiger partial charge on any atom is -0.326 e. The Morgan fingerprint density at radius 1 is 1.44 bits per heavy atom. The quantitative estimate of drug-likeness (QED) is 0.846. The van der Waals surface area contributed by atoms with E-state index in [1.54, 1.807) is 0 Å². The second-order valence-electron chi connectivity index (χ2n) is 5.69. The highest BCUT2D eigenvalue weighted by Crippen LogP contribution is 2.30. The molecule has 0 fully saturated rings. The number of thioether (sulfide) groups is 1. The number of nitrogens with two attached hydrogens (primary N) is 1. The van der Waals surface area contributed by atoms with E-state index in [0.717, 1.165) is 18.4 Å². The zero-order valence-electron chi connectivity index (χ0n) is 11.2. The molecule has 0 bridgehead atoms. The van der Waals surface area contributed by atoms with Gasteiger partial charge < -0.3 is 5.73 Å². The number of hydrogen-bond acceptors (Lipinski definition) is 3. The van der Waals surface area contributed by atoms with E-state index in [2.05, 4.69) is 12.1 Å². The highest BCUT2D eigenvalue weighted by Gasteiger charge is 2.16. The first-order valence-electron chi connectivity index (χ1n) is 6.53. The van der Waals surface area contributed by atoms with Crippen LogP contribution in [0, 0.1) is 0 Å². The molecule has 0 unspecified atom stereocenters. The van der Waals surface area contributed by atoms with E-state index in [0.29, 0.717) is 6.42 Å². The number of rotatable bonds is 4. The summed E-state index contributed by atoms with van der Waals surface area (Å²) in [6.45, 7) is 3.92. The summed E-state index contributed by atoms with van der Waals surface area (Å²) in [5.41, 5.74) is 7.84. The van der Waals surface area contributed by atoms with Crippen LogP contribution in [0.1, 0.15) is 49.0 Å². The molecule has 0 aliphatic carbocycles. The third-order valence-electron chi connectivity index (χ3n) is 3.23. The van der Waals surface area contributed by atoms with Gasteiger partial charge in [-0.05, 0) is 56.6 Å². The molecule has 0 amide bonds. The van der Waals surface area contributed by atoms with Gasteiger partial charge in [0.1, 0.15) is 0 Å². The summed E-state index contributed by atoms with van der Waals surface area (Å²) in [7, 11) is 0. The maximum Gasteiger partial charge on any atom is 0.162 e. The Morgan fingerprint density at radius 2 is 2.22 bits per heavy atom. The van der Waals surface area contributed by atoms with Crippen LogP contribution in [0.5, 0.6) is 0 Å². The summed E-state index contributed by atoms with van der Waals surface area (Å²) >= 11 is 1.90. The van der Waals surface area contributed by atoms with Gasteiger partial charge >= 0.3 is 0 Å². The van der Waals surface area contributed by atoms with Crippen molar-refractivity contribution in [1.29, 1.82) is 0 Å². The molecule has 2 rings (SSSR count). The Morgan fingerprint density at radius 3 is 2.94 bits per heavy atom. The molecule has 1 aliphatic heterocycles. The molecule has 1 aromatic rings. The van der Waals surface area contributed by atoms with Gasteiger partial charge in [-0.3, -0.25) is 4.79 Å². The van der Waals surface area contributed by atoms with Gasteiger partial charge in [-0.15, -0.1) is 11.8 Å². The van der Waals surface area contributed by atoms with Gasteiger partial charge in [-0.25, -0.2) is 0 Å². The summed E-state index contributed by atoms with van der Waals surface area (Å²) in [6.07, 6.45) is 3.59. The van der Waals surface area contributed by atoms with Crippen molar-refractivity contribution in [1.82, 2.24) is 0 Å². The Kier molecular flexibility index (Phi) is 4.13. The van der Waals surface area contributed by atoms with Crippen molar-refractivity contribution in [3.8, 4) is 0 Å². The summed E-state index contributed by atoms with van der Waals surface area (Å²) < 4.78 is 0. The Labute approximate surface area is 113 Å². The van der Waals surface area contributed by atoms with Gasteiger partial charge in [0.05, 0.1) is 0 Å². The monoisotopic (exact) mass is 263 g/mol. The van der Waals surface area contributed by atoms with E-state index in [1.807, 2.05) is 31.7 Å². The molecule has 1 aromatic carbocycles. The molecule has 1 aliphatic rings. The van der Waals surface area contributed by atoms with Crippen molar-refractivity contribution in [2.75, 3.05) is 5.75 Å². The largest absolute Gasteiger partial charge is 0.326 e. The molecule has 2 nitrogen and oxygen atoms in total. The van der Waals surface area contributed by atoms with Crippen LogP contribution in [0.25, 0.3) is 0 Å². The maximum atomic E-state index is 12.1. The fraction of sp³-hybridized carbons (Fsp3) is 0.533. The molecule has 0 aromatic heterocycles. The fourth-order valence-corrected chi connectivity index (χ4v) is 3.13. The van der Waals surface area contributed by atoms with Gasteiger partial charge in [0.25, 0.3) is 0 Å². The number of benzene rings is 1. The molecule has 0 saturated carbocycles. The zero-order chi connectivity index (χ0) is 13.2. The third-order valence-corrected chi connectivity index (χ3v) is 4.43. The Balaban J connectivity index is 2.07. The molecule has 2 N–H and O–H groups in total. The summed E-state index contributed by atoms with van der Waals surface area (Å²) in [5.74, 6) is 1.41. The molecular formula is C15H21NOS. The average Bonchev–Trinajstić information content (AvgIpc) is 2.34. The summed E-state index contributed by atoms with van der Waals surface area (Å²) in [4.78, 5) is 13.5. The molecule has 0 spiro atoms. The smallest absolute Gasteiger partial charge is 0.162 e. The molecule has 1 heterocycles. The van der Waals surface area contributed by atoms with Gasteiger partial charge in [-0.1, -0.05) is 6.07 Å². The lowest BCUT2D eigenvalue weighted by molar-refractivity contribution is 0.0972. The van der Waals surface area contributed by atoms with Crippen LogP contribution in [-0.4, -0.2) is 17.1 Å². The van der Waals surface area contributed by atoms with E-state index in [1.165, 1.54) is 22.6 Å². The van der Waals surface area contributed by atoms with Crippen LogP contribution in [0.2, 0.25) is 0 Å². The third kappa shape index (κ3) is 3.59. The Hall–Kier alpha value is -0.800. The van der Waals surface area contributed by atoms with Crippen molar-refractivity contribution < 1.29 is 4.79 Å². The maximum absolute atomic E-state index is 12.1. The van der Waals surface area contributed by atoms with E-state index < -0.39 is 0 Å². The number of hydrogen-bond donors (Lipinski definition) is 1. The molecule has 3 heteroatoms. The van der Waals surface area contributed by atoms with Crippen LogP contribution >= 0.6 is 11.8 Å². The minimum absolute atomic E-state index is 0.215. The van der Waals surface area contributed by atoms with Crippen LogP contribution in [-0.2, 0) is 6.42 Å². The average molecular weight is 263 g/mol. The normalized spacial score (nSPS) is 15.3. The first-order chi connectivity index (χ1) is 8.46. The number of Topliss-reactive ketones (excluding diaryl/α,β-unsaturated/α-hetero) is 1. The highest BCUT2D eigenvalue weighted by atomic mass is 32.2. The molecule has 0 saturated heterocycles. The van der Waals surface area contributed by atoms with E-state index >= 15 is 0 Å². The topological polar surface area (TPSA) is 43.1 Å². The molecule has 0 atom stereocenters. The lowest BCUT2D eigenvalue weighted by Gasteiger charge is -2.18. The minimum atomic E-state index is -0.264. The van der Waals surface area contributed by atoms with Crippen LogP contribution < -0.4 is 5.73 Å². The van der Waals surface area contributed by atoms with Gasteiger partial charge in [-0.2, -0.15) is 0 Å². The van der Waals surface area contributed by atoms with Gasteiger partial charge in [0, 0.05) is 22.4 Å². The van der Waals surface area contributed by atoms with Crippen molar-refractivity contribution in [3.63, 3.8) is 0 Å². The van der Waals surface area contributed by atoms with Gasteiger partial charge in [0.2, 0.25) is 0 Å². The van der Waals surface area contributed by atoms with E-state index in [-0.39, 0.29) is 11.3 Å². The molecular weight excluding hydrogens is 242 g/mol. The van der Waals surface area contributed by atoms with Crippen molar-refractivity contribution in [3.05, 3.63) is 29.3 Å². The highest BCUT2D eigenvalue weighted by molar-refractivity contribution is 7.99. The Bertz CT molecular complexity index is 448. The fourth-order valence-electron chi connectivity index (χ4n) is 2.11. The van der Waals surface area contributed by atoms with Crippen molar-refractivity contribution in [2.45, 2.75) is 50.0 Å². The standard InChI is InChI=1S/C15H21NOS/c1-15(2,16)8-7-13(17)11-5-6-14-12(10-11)4-3-9-18-14/h5-6,10H,3-4,7-9,16H2,1-2H3. The van der Waals surface area contributed by atoms with Crippen LogP contribution in [0.15, 0.2) is 23.1 Å². The van der Waals surface area contributed by atoms with Crippen molar-refractivity contribution in [2.24, 2.45) is 5.73 Å². The number of carbonyl (C=O) groups is 1. The summed E-state index contributed by atoms with van der Waals surface area (Å²) in [6, 6.07) is 6.14. The molecule has 98 valence electrons. The van der Waals surface area contributed by atoms with E-state index in [9.17, 15) is 4.79 Å². The number of carbonyl (C=O) groups excluding carboxylic acids is 1. The SMILES string of the molecule is CC(C)(N)CCC(=O)c1ccc2c(c1)CCCS2. The predicted octanol–water partition coefficient (Wildman–Crippen LogP) is 3.43. The zero-order valence-corrected chi connectivity index (χ0v) is 12.0. The first kappa shape index (κ1) is 13.6. The van der Waals surface area contributed by atoms with E-state index in [4.69, 9.17) is 5.73 Å².